The van der Waals surface area contributed by atoms with E-state index in [0.29, 0.717) is 0 Å². The summed E-state index contributed by atoms with van der Waals surface area (Å²) in [6.07, 6.45) is 4.80. The molecule has 1 aliphatic carbocycles. The SMILES string of the molecule is CC1CC1Cn1ncc2cnc(Cl)nc21. The first-order valence-corrected chi connectivity index (χ1v) is 5.46. The number of hydrogen-bond acceptors (Lipinski definition) is 3. The number of rotatable bonds is 2. The van der Waals surface area contributed by atoms with Crippen molar-refractivity contribution < 1.29 is 0 Å². The van der Waals surface area contributed by atoms with Gasteiger partial charge in [-0.15, -0.1) is 0 Å². The van der Waals surface area contributed by atoms with E-state index in [0.717, 1.165) is 29.4 Å². The van der Waals surface area contributed by atoms with Crippen molar-refractivity contribution in [2.75, 3.05) is 0 Å². The van der Waals surface area contributed by atoms with E-state index in [1.807, 2.05) is 4.68 Å². The molecule has 0 bridgehead atoms. The van der Waals surface area contributed by atoms with Gasteiger partial charge in [0, 0.05) is 12.7 Å². The molecule has 2 aromatic heterocycles. The van der Waals surface area contributed by atoms with E-state index in [1.54, 1.807) is 12.4 Å². The summed E-state index contributed by atoms with van der Waals surface area (Å²) in [6, 6.07) is 0. The second-order valence-corrected chi connectivity index (χ2v) is 4.56. The Labute approximate surface area is 92.3 Å². The van der Waals surface area contributed by atoms with Crippen LogP contribution in [0.1, 0.15) is 13.3 Å². The molecule has 2 unspecified atom stereocenters. The smallest absolute Gasteiger partial charge is 0.224 e. The summed E-state index contributed by atoms with van der Waals surface area (Å²) >= 11 is 5.77. The Morgan fingerprint density at radius 3 is 3.07 bits per heavy atom. The summed E-state index contributed by atoms with van der Waals surface area (Å²) < 4.78 is 1.93. The van der Waals surface area contributed by atoms with Gasteiger partial charge < -0.3 is 0 Å². The second-order valence-electron chi connectivity index (χ2n) is 4.22. The Morgan fingerprint density at radius 2 is 2.33 bits per heavy atom. The van der Waals surface area contributed by atoms with Crippen molar-refractivity contribution in [3.63, 3.8) is 0 Å². The highest BCUT2D eigenvalue weighted by molar-refractivity contribution is 6.28. The lowest BCUT2D eigenvalue weighted by atomic mass is 10.3. The summed E-state index contributed by atoms with van der Waals surface area (Å²) in [5.74, 6) is 1.57. The van der Waals surface area contributed by atoms with Gasteiger partial charge in [-0.05, 0) is 29.9 Å². The standard InChI is InChI=1S/C10H11ClN4/c1-6-2-7(6)5-15-9-8(4-13-15)3-12-10(11)14-9/h3-4,6-7H,2,5H2,1H3. The highest BCUT2D eigenvalue weighted by Crippen LogP contribution is 2.39. The Kier molecular flexibility index (Phi) is 1.92. The molecule has 2 aromatic rings. The number of fused-ring (bicyclic) bond motifs is 1. The van der Waals surface area contributed by atoms with Gasteiger partial charge in [-0.2, -0.15) is 10.1 Å². The van der Waals surface area contributed by atoms with Crippen LogP contribution in [0.25, 0.3) is 11.0 Å². The Hall–Kier alpha value is -1.16. The van der Waals surface area contributed by atoms with E-state index >= 15 is 0 Å². The summed E-state index contributed by atoms with van der Waals surface area (Å²) in [5.41, 5.74) is 0.842. The fourth-order valence-corrected chi connectivity index (χ4v) is 1.98. The zero-order valence-electron chi connectivity index (χ0n) is 8.39. The molecule has 2 heterocycles. The number of aromatic nitrogens is 4. The molecule has 15 heavy (non-hydrogen) atoms. The average Bonchev–Trinajstić information content (AvgIpc) is 2.74. The Balaban J connectivity index is 1.99. The predicted octanol–water partition coefficient (Wildman–Crippen LogP) is 2.14. The number of hydrogen-bond donors (Lipinski definition) is 0. The van der Waals surface area contributed by atoms with Crippen LogP contribution in [0.2, 0.25) is 5.28 Å². The quantitative estimate of drug-likeness (QED) is 0.732. The third kappa shape index (κ3) is 1.59. The zero-order chi connectivity index (χ0) is 10.4. The molecule has 1 aliphatic rings. The van der Waals surface area contributed by atoms with E-state index in [1.165, 1.54) is 6.42 Å². The minimum atomic E-state index is 0.285. The highest BCUT2D eigenvalue weighted by Gasteiger charge is 2.33. The highest BCUT2D eigenvalue weighted by atomic mass is 35.5. The van der Waals surface area contributed by atoms with Crippen LogP contribution < -0.4 is 0 Å². The minimum absolute atomic E-state index is 0.285. The molecule has 2 atom stereocenters. The average molecular weight is 223 g/mol. The van der Waals surface area contributed by atoms with Crippen LogP contribution in [0.3, 0.4) is 0 Å². The maximum absolute atomic E-state index is 5.77. The van der Waals surface area contributed by atoms with E-state index in [4.69, 9.17) is 11.6 Å². The van der Waals surface area contributed by atoms with Crippen molar-refractivity contribution in [1.82, 2.24) is 19.7 Å². The van der Waals surface area contributed by atoms with Gasteiger partial charge in [0.2, 0.25) is 5.28 Å². The molecule has 1 saturated carbocycles. The molecule has 0 aromatic carbocycles. The molecule has 0 saturated heterocycles. The second kappa shape index (κ2) is 3.17. The van der Waals surface area contributed by atoms with Crippen LogP contribution in [-0.4, -0.2) is 19.7 Å². The fraction of sp³-hybridized carbons (Fsp3) is 0.500. The molecule has 0 aliphatic heterocycles. The van der Waals surface area contributed by atoms with Gasteiger partial charge >= 0.3 is 0 Å². The van der Waals surface area contributed by atoms with Crippen LogP contribution in [-0.2, 0) is 6.54 Å². The lowest BCUT2D eigenvalue weighted by molar-refractivity contribution is 0.551. The van der Waals surface area contributed by atoms with Crippen LogP contribution in [0.5, 0.6) is 0 Å². The van der Waals surface area contributed by atoms with Crippen molar-refractivity contribution >= 4 is 22.6 Å². The van der Waals surface area contributed by atoms with Crippen LogP contribution in [0, 0.1) is 11.8 Å². The summed E-state index contributed by atoms with van der Waals surface area (Å²) in [6.45, 7) is 3.20. The summed E-state index contributed by atoms with van der Waals surface area (Å²) in [5, 5.41) is 5.54. The van der Waals surface area contributed by atoms with Gasteiger partial charge in [-0.3, -0.25) is 0 Å². The maximum Gasteiger partial charge on any atom is 0.224 e. The molecule has 0 amide bonds. The Morgan fingerprint density at radius 1 is 1.53 bits per heavy atom. The van der Waals surface area contributed by atoms with Crippen LogP contribution in [0.15, 0.2) is 12.4 Å². The van der Waals surface area contributed by atoms with E-state index in [2.05, 4.69) is 22.0 Å². The largest absolute Gasteiger partial charge is 0.247 e. The lowest BCUT2D eigenvalue weighted by Gasteiger charge is -2.00. The molecule has 5 heteroatoms. The van der Waals surface area contributed by atoms with E-state index in [9.17, 15) is 0 Å². The van der Waals surface area contributed by atoms with E-state index < -0.39 is 0 Å². The van der Waals surface area contributed by atoms with Gasteiger partial charge in [-0.25, -0.2) is 9.67 Å². The minimum Gasteiger partial charge on any atom is -0.247 e. The fourth-order valence-electron chi connectivity index (χ4n) is 1.85. The molecule has 1 fully saturated rings. The lowest BCUT2D eigenvalue weighted by Crippen LogP contribution is -2.03. The van der Waals surface area contributed by atoms with Crippen molar-refractivity contribution in [3.8, 4) is 0 Å². The van der Waals surface area contributed by atoms with Gasteiger partial charge in [0.05, 0.1) is 11.6 Å². The first kappa shape index (κ1) is 9.09. The van der Waals surface area contributed by atoms with Gasteiger partial charge in [0.1, 0.15) is 0 Å². The van der Waals surface area contributed by atoms with Gasteiger partial charge in [-0.1, -0.05) is 6.92 Å². The third-order valence-electron chi connectivity index (χ3n) is 3.03. The van der Waals surface area contributed by atoms with Crippen molar-refractivity contribution in [2.45, 2.75) is 19.9 Å². The molecule has 0 spiro atoms. The number of nitrogens with zero attached hydrogens (tertiary/aromatic N) is 4. The van der Waals surface area contributed by atoms with Crippen molar-refractivity contribution in [3.05, 3.63) is 17.7 Å². The van der Waals surface area contributed by atoms with Crippen LogP contribution in [0.4, 0.5) is 0 Å². The molecule has 78 valence electrons. The third-order valence-corrected chi connectivity index (χ3v) is 3.21. The predicted molar refractivity (Wildman–Crippen MR) is 57.6 cm³/mol. The molecule has 0 radical (unpaired) electrons. The monoisotopic (exact) mass is 222 g/mol. The maximum atomic E-state index is 5.77. The zero-order valence-corrected chi connectivity index (χ0v) is 9.15. The number of halogens is 1. The molecule has 4 nitrogen and oxygen atoms in total. The van der Waals surface area contributed by atoms with Crippen LogP contribution >= 0.6 is 11.6 Å². The molecular weight excluding hydrogens is 212 g/mol. The summed E-state index contributed by atoms with van der Waals surface area (Å²) in [4.78, 5) is 8.13. The summed E-state index contributed by atoms with van der Waals surface area (Å²) in [7, 11) is 0. The normalized spacial score (nSPS) is 24.7. The van der Waals surface area contributed by atoms with Gasteiger partial charge in [0.25, 0.3) is 0 Å². The molecule has 3 rings (SSSR count). The molecular formula is C10H11ClN4. The first-order valence-electron chi connectivity index (χ1n) is 5.08. The van der Waals surface area contributed by atoms with Gasteiger partial charge in [0.15, 0.2) is 5.65 Å². The van der Waals surface area contributed by atoms with E-state index in [-0.39, 0.29) is 5.28 Å². The van der Waals surface area contributed by atoms with Crippen molar-refractivity contribution in [1.29, 1.82) is 0 Å². The Bertz CT molecular complexity index is 507. The van der Waals surface area contributed by atoms with Crippen molar-refractivity contribution in [2.24, 2.45) is 11.8 Å². The first-order chi connectivity index (χ1) is 7.24. The topological polar surface area (TPSA) is 43.6 Å². The molecule has 0 N–H and O–H groups in total.